The molecule has 2 nitrogen and oxygen atoms in total. The molecule has 1 aliphatic carbocycles. The molecule has 2 aliphatic rings. The monoisotopic (exact) mass is 210 g/mol. The molecule has 0 aromatic heterocycles. The smallest absolute Gasteiger partial charge is 0.00927 e. The average Bonchev–Trinajstić information content (AvgIpc) is 2.11. The predicted octanol–water partition coefficient (Wildman–Crippen LogP) is 2.11. The van der Waals surface area contributed by atoms with Crippen LogP contribution in [0.25, 0.3) is 0 Å². The van der Waals surface area contributed by atoms with Gasteiger partial charge in [0.2, 0.25) is 0 Å². The Kier molecular flexibility index (Phi) is 3.36. The second-order valence-corrected chi connectivity index (χ2v) is 6.36. The van der Waals surface area contributed by atoms with Crippen LogP contribution in [-0.2, 0) is 0 Å². The summed E-state index contributed by atoms with van der Waals surface area (Å²) >= 11 is 0. The summed E-state index contributed by atoms with van der Waals surface area (Å²) in [6.45, 7) is 8.61. The number of hydrogen-bond donors (Lipinski definition) is 1. The summed E-state index contributed by atoms with van der Waals surface area (Å²) in [6, 6.07) is 0.860. The first-order chi connectivity index (χ1) is 7.07. The highest BCUT2D eigenvalue weighted by molar-refractivity contribution is 4.85. The van der Waals surface area contributed by atoms with Gasteiger partial charge in [0.25, 0.3) is 0 Å². The molecule has 1 N–H and O–H groups in total. The SMILES string of the molecule is CN(CC1CNC1)C1CCC(C)(C)CC1. The number of rotatable bonds is 3. The molecule has 0 atom stereocenters. The van der Waals surface area contributed by atoms with E-state index in [1.807, 2.05) is 0 Å². The molecular weight excluding hydrogens is 184 g/mol. The Morgan fingerprint density at radius 2 is 1.80 bits per heavy atom. The second-order valence-electron chi connectivity index (χ2n) is 6.36. The van der Waals surface area contributed by atoms with Crippen LogP contribution in [0, 0.1) is 11.3 Å². The van der Waals surface area contributed by atoms with Crippen LogP contribution >= 0.6 is 0 Å². The van der Waals surface area contributed by atoms with E-state index in [0.717, 1.165) is 12.0 Å². The van der Waals surface area contributed by atoms with Crippen molar-refractivity contribution in [3.63, 3.8) is 0 Å². The quantitative estimate of drug-likeness (QED) is 0.767. The van der Waals surface area contributed by atoms with E-state index in [9.17, 15) is 0 Å². The summed E-state index contributed by atoms with van der Waals surface area (Å²) in [6.07, 6.45) is 5.63. The van der Waals surface area contributed by atoms with Crippen molar-refractivity contribution >= 4 is 0 Å². The van der Waals surface area contributed by atoms with Gasteiger partial charge in [-0.2, -0.15) is 0 Å². The van der Waals surface area contributed by atoms with Gasteiger partial charge in [-0.05, 0) is 44.1 Å². The van der Waals surface area contributed by atoms with Gasteiger partial charge in [-0.1, -0.05) is 13.8 Å². The molecule has 0 spiro atoms. The summed E-state index contributed by atoms with van der Waals surface area (Å²) in [5.74, 6) is 0.921. The lowest BCUT2D eigenvalue weighted by Gasteiger charge is -2.41. The van der Waals surface area contributed by atoms with Crippen molar-refractivity contribution < 1.29 is 0 Å². The van der Waals surface area contributed by atoms with Crippen molar-refractivity contribution in [1.29, 1.82) is 0 Å². The molecule has 0 amide bonds. The zero-order valence-electron chi connectivity index (χ0n) is 10.6. The molecule has 1 aliphatic heterocycles. The first-order valence-corrected chi connectivity index (χ1v) is 6.48. The summed E-state index contributed by atoms with van der Waals surface area (Å²) < 4.78 is 0. The summed E-state index contributed by atoms with van der Waals surface area (Å²) in [5.41, 5.74) is 0.607. The van der Waals surface area contributed by atoms with Gasteiger partial charge in [0.05, 0.1) is 0 Å². The zero-order chi connectivity index (χ0) is 10.9. The number of hydrogen-bond acceptors (Lipinski definition) is 2. The standard InChI is InChI=1S/C13H26N2/c1-13(2)6-4-12(5-7-13)15(3)10-11-8-14-9-11/h11-12,14H,4-10H2,1-3H3. The minimum absolute atomic E-state index is 0.607. The number of nitrogens with zero attached hydrogens (tertiary/aromatic N) is 1. The van der Waals surface area contributed by atoms with Crippen molar-refractivity contribution in [2.75, 3.05) is 26.7 Å². The van der Waals surface area contributed by atoms with Gasteiger partial charge in [-0.25, -0.2) is 0 Å². The summed E-state index contributed by atoms with van der Waals surface area (Å²) in [5, 5.41) is 3.36. The molecule has 2 heteroatoms. The van der Waals surface area contributed by atoms with Crippen LogP contribution < -0.4 is 5.32 Å². The molecule has 2 rings (SSSR count). The highest BCUT2D eigenvalue weighted by Crippen LogP contribution is 2.36. The average molecular weight is 210 g/mol. The molecule has 0 unspecified atom stereocenters. The van der Waals surface area contributed by atoms with Crippen LogP contribution in [0.2, 0.25) is 0 Å². The Morgan fingerprint density at radius 3 is 2.27 bits per heavy atom. The van der Waals surface area contributed by atoms with Crippen LogP contribution in [-0.4, -0.2) is 37.6 Å². The maximum absolute atomic E-state index is 3.36. The molecule has 1 saturated heterocycles. The van der Waals surface area contributed by atoms with Crippen LogP contribution in [0.3, 0.4) is 0 Å². The summed E-state index contributed by atoms with van der Waals surface area (Å²) in [4.78, 5) is 2.61. The van der Waals surface area contributed by atoms with Crippen molar-refractivity contribution in [2.24, 2.45) is 11.3 Å². The second kappa shape index (κ2) is 4.42. The van der Waals surface area contributed by atoms with Gasteiger partial charge in [-0.3, -0.25) is 0 Å². The van der Waals surface area contributed by atoms with Gasteiger partial charge >= 0.3 is 0 Å². The van der Waals surface area contributed by atoms with E-state index in [1.165, 1.54) is 45.3 Å². The molecule has 0 aromatic rings. The van der Waals surface area contributed by atoms with E-state index in [0.29, 0.717) is 5.41 Å². The maximum atomic E-state index is 3.36. The van der Waals surface area contributed by atoms with E-state index >= 15 is 0 Å². The van der Waals surface area contributed by atoms with E-state index in [-0.39, 0.29) is 0 Å². The predicted molar refractivity (Wildman–Crippen MR) is 65.0 cm³/mol. The van der Waals surface area contributed by atoms with Gasteiger partial charge in [0.1, 0.15) is 0 Å². The number of nitrogens with one attached hydrogen (secondary N) is 1. The highest BCUT2D eigenvalue weighted by atomic mass is 15.1. The maximum Gasteiger partial charge on any atom is 0.00927 e. The summed E-state index contributed by atoms with van der Waals surface area (Å²) in [7, 11) is 2.32. The lowest BCUT2D eigenvalue weighted by molar-refractivity contribution is 0.104. The lowest BCUT2D eigenvalue weighted by Crippen LogP contribution is -2.50. The fourth-order valence-electron chi connectivity index (χ4n) is 2.86. The molecule has 0 aromatic carbocycles. The normalized spacial score (nSPS) is 28.0. The third kappa shape index (κ3) is 2.94. The highest BCUT2D eigenvalue weighted by Gasteiger charge is 2.30. The Labute approximate surface area is 94.4 Å². The lowest BCUT2D eigenvalue weighted by atomic mass is 9.75. The van der Waals surface area contributed by atoms with Crippen molar-refractivity contribution in [3.8, 4) is 0 Å². The van der Waals surface area contributed by atoms with Crippen molar-refractivity contribution in [1.82, 2.24) is 10.2 Å². The molecule has 15 heavy (non-hydrogen) atoms. The van der Waals surface area contributed by atoms with E-state index in [4.69, 9.17) is 0 Å². The zero-order valence-corrected chi connectivity index (χ0v) is 10.6. The van der Waals surface area contributed by atoms with Gasteiger partial charge in [0, 0.05) is 25.7 Å². The van der Waals surface area contributed by atoms with Crippen LogP contribution in [0.15, 0.2) is 0 Å². The fraction of sp³-hybridized carbons (Fsp3) is 1.00. The van der Waals surface area contributed by atoms with E-state index < -0.39 is 0 Å². The molecule has 2 fully saturated rings. The first-order valence-electron chi connectivity index (χ1n) is 6.48. The molecule has 88 valence electrons. The minimum Gasteiger partial charge on any atom is -0.316 e. The Morgan fingerprint density at radius 1 is 1.20 bits per heavy atom. The molecule has 1 heterocycles. The van der Waals surface area contributed by atoms with Crippen LogP contribution in [0.5, 0.6) is 0 Å². The minimum atomic E-state index is 0.607. The third-order valence-corrected chi connectivity index (χ3v) is 4.34. The molecule has 0 radical (unpaired) electrons. The first kappa shape index (κ1) is 11.4. The van der Waals surface area contributed by atoms with Crippen LogP contribution in [0.1, 0.15) is 39.5 Å². The topological polar surface area (TPSA) is 15.3 Å². The molecule has 1 saturated carbocycles. The van der Waals surface area contributed by atoms with Gasteiger partial charge < -0.3 is 10.2 Å². The fourth-order valence-corrected chi connectivity index (χ4v) is 2.86. The third-order valence-electron chi connectivity index (χ3n) is 4.34. The van der Waals surface area contributed by atoms with Crippen molar-refractivity contribution in [3.05, 3.63) is 0 Å². The van der Waals surface area contributed by atoms with Gasteiger partial charge in [0.15, 0.2) is 0 Å². The molecular formula is C13H26N2. The van der Waals surface area contributed by atoms with Crippen molar-refractivity contribution in [2.45, 2.75) is 45.6 Å². The van der Waals surface area contributed by atoms with E-state index in [1.54, 1.807) is 0 Å². The van der Waals surface area contributed by atoms with Crippen LogP contribution in [0.4, 0.5) is 0 Å². The Hall–Kier alpha value is -0.0800. The Balaban J connectivity index is 1.74. The largest absolute Gasteiger partial charge is 0.316 e. The molecule has 0 bridgehead atoms. The van der Waals surface area contributed by atoms with Gasteiger partial charge in [-0.15, -0.1) is 0 Å². The Bertz CT molecular complexity index is 199. The van der Waals surface area contributed by atoms with E-state index in [2.05, 4.69) is 31.1 Å².